The van der Waals surface area contributed by atoms with E-state index >= 15 is 8.78 Å². The van der Waals surface area contributed by atoms with Crippen LogP contribution < -0.4 is 0 Å². The summed E-state index contributed by atoms with van der Waals surface area (Å²) in [6.45, 7) is -0.125. The lowest BCUT2D eigenvalue weighted by molar-refractivity contribution is -0.0740. The standard InChI is InChI=1S/C46H40F4N14O2/c47-45(48)7-12-61(13-8-45)43(65)29-15-26-6-11-63(42(26)53-21-29)32-17-28(20-51-23-32)38-55-39(59-58-38)34-18-33(34)36-19-46(49,50)9-14-64(36)44(66)30-16-27-5-10-62(41(27)54-22-30)31-3-4-35(52-24-31)40-56-37(57-60-40)25-1-2-25/h3-6,10-11,15-17,20-25,33-34,36H,1-2,7-9,12-14,18-19H2,(H,55,58,59)(H,56,57,60). The summed E-state index contributed by atoms with van der Waals surface area (Å²) in [4.78, 5) is 57.9. The molecule has 2 saturated carbocycles. The summed E-state index contributed by atoms with van der Waals surface area (Å²) >= 11 is 0. The maximum Gasteiger partial charge on any atom is 0.255 e. The van der Waals surface area contributed by atoms with Crippen molar-refractivity contribution in [3.8, 4) is 34.3 Å². The van der Waals surface area contributed by atoms with Gasteiger partial charge in [0, 0.05) is 111 Å². The van der Waals surface area contributed by atoms with Crippen molar-refractivity contribution in [1.29, 1.82) is 0 Å². The van der Waals surface area contributed by atoms with Crippen molar-refractivity contribution < 1.29 is 27.2 Å². The number of hydrogen-bond acceptors (Lipinski definition) is 10. The molecule has 2 amide bonds. The van der Waals surface area contributed by atoms with E-state index in [-0.39, 0.29) is 56.1 Å². The Kier molecular flexibility index (Phi) is 9.18. The van der Waals surface area contributed by atoms with E-state index in [1.54, 1.807) is 41.8 Å². The van der Waals surface area contributed by atoms with E-state index < -0.39 is 30.7 Å². The zero-order chi connectivity index (χ0) is 44.9. The second kappa shape index (κ2) is 15.1. The first-order valence-electron chi connectivity index (χ1n) is 22.0. The number of piperidine rings is 2. The highest BCUT2D eigenvalue weighted by Crippen LogP contribution is 2.53. The third kappa shape index (κ3) is 7.33. The molecule has 2 saturated heterocycles. The van der Waals surface area contributed by atoms with Crippen LogP contribution in [0.1, 0.15) is 89.1 Å². The Hall–Kier alpha value is -7.38. The van der Waals surface area contributed by atoms with Crippen LogP contribution in [-0.4, -0.2) is 119 Å². The van der Waals surface area contributed by atoms with Crippen molar-refractivity contribution >= 4 is 33.9 Å². The number of aromatic nitrogens is 12. The van der Waals surface area contributed by atoms with Crippen LogP contribution in [0, 0.1) is 5.92 Å². The Morgan fingerprint density at radius 1 is 0.667 bits per heavy atom. The summed E-state index contributed by atoms with van der Waals surface area (Å²) in [6, 6.07) is 12.0. The molecule has 66 heavy (non-hydrogen) atoms. The predicted molar refractivity (Wildman–Crippen MR) is 230 cm³/mol. The molecule has 8 aromatic rings. The number of amides is 2. The van der Waals surface area contributed by atoms with Crippen molar-refractivity contribution in [3.63, 3.8) is 0 Å². The number of nitrogens with one attached hydrogen (secondary N) is 2. The highest BCUT2D eigenvalue weighted by molar-refractivity contribution is 5.98. The highest BCUT2D eigenvalue weighted by Gasteiger charge is 2.54. The first-order valence-corrected chi connectivity index (χ1v) is 22.0. The average molecular weight is 897 g/mol. The minimum Gasteiger partial charge on any atom is -0.338 e. The fraction of sp³-hybridized carbons (Fsp3) is 0.348. The van der Waals surface area contributed by atoms with Crippen LogP contribution in [0.2, 0.25) is 0 Å². The topological polar surface area (TPSA) is 185 Å². The number of aromatic amines is 2. The van der Waals surface area contributed by atoms with Crippen LogP contribution >= 0.6 is 0 Å². The molecule has 12 rings (SSSR count). The van der Waals surface area contributed by atoms with Crippen LogP contribution in [-0.2, 0) is 0 Å². The molecule has 0 bridgehead atoms. The van der Waals surface area contributed by atoms with E-state index in [2.05, 4.69) is 45.3 Å². The molecule has 0 radical (unpaired) electrons. The minimum atomic E-state index is -2.93. The smallest absolute Gasteiger partial charge is 0.255 e. The van der Waals surface area contributed by atoms with Gasteiger partial charge in [-0.2, -0.15) is 10.2 Å². The van der Waals surface area contributed by atoms with Gasteiger partial charge in [-0.15, -0.1) is 0 Å². The molecule has 2 aliphatic carbocycles. The third-order valence-electron chi connectivity index (χ3n) is 13.4. The molecular formula is C46H40F4N14O2. The number of hydrogen-bond donors (Lipinski definition) is 2. The van der Waals surface area contributed by atoms with E-state index in [1.807, 2.05) is 45.7 Å². The van der Waals surface area contributed by atoms with Gasteiger partial charge in [-0.25, -0.2) is 37.5 Å². The summed E-state index contributed by atoms with van der Waals surface area (Å²) in [5, 5.41) is 16.2. The number of halogens is 4. The molecular weight excluding hydrogens is 857 g/mol. The molecule has 2 N–H and O–H groups in total. The second-order valence-electron chi connectivity index (χ2n) is 17.9. The fourth-order valence-corrected chi connectivity index (χ4v) is 9.48. The molecule has 20 heteroatoms. The number of nitrogens with zero attached hydrogens (tertiary/aromatic N) is 12. The Balaban J connectivity index is 0.736. The lowest BCUT2D eigenvalue weighted by Gasteiger charge is -2.40. The largest absolute Gasteiger partial charge is 0.338 e. The van der Waals surface area contributed by atoms with Crippen molar-refractivity contribution in [1.82, 2.24) is 69.2 Å². The van der Waals surface area contributed by atoms with Crippen LogP contribution in [0.25, 0.3) is 56.3 Å². The van der Waals surface area contributed by atoms with Gasteiger partial charge in [-0.3, -0.25) is 38.9 Å². The van der Waals surface area contributed by atoms with E-state index in [9.17, 15) is 18.4 Å². The Morgan fingerprint density at radius 3 is 2.05 bits per heavy atom. The summed E-state index contributed by atoms with van der Waals surface area (Å²) in [6.07, 6.45) is 12.8. The van der Waals surface area contributed by atoms with Gasteiger partial charge in [0.1, 0.15) is 28.6 Å². The molecule has 3 atom stereocenters. The quantitative estimate of drug-likeness (QED) is 0.137. The van der Waals surface area contributed by atoms with Crippen molar-refractivity contribution in [3.05, 3.63) is 109 Å². The zero-order valence-corrected chi connectivity index (χ0v) is 35.2. The van der Waals surface area contributed by atoms with Gasteiger partial charge in [0.05, 0.1) is 34.9 Å². The number of carbonyl (C=O) groups is 2. The average Bonchev–Trinajstić information content (AvgIpc) is 4.05. The summed E-state index contributed by atoms with van der Waals surface area (Å²) in [7, 11) is 0. The van der Waals surface area contributed by atoms with Gasteiger partial charge in [0.25, 0.3) is 23.7 Å². The molecule has 4 fully saturated rings. The lowest BCUT2D eigenvalue weighted by atomic mass is 9.93. The Labute approximate surface area is 372 Å². The van der Waals surface area contributed by atoms with Gasteiger partial charge in [-0.1, -0.05) is 0 Å². The van der Waals surface area contributed by atoms with Crippen LogP contribution in [0.4, 0.5) is 17.6 Å². The monoisotopic (exact) mass is 896 g/mol. The number of H-pyrrole nitrogens is 2. The predicted octanol–water partition coefficient (Wildman–Crippen LogP) is 7.52. The molecule has 2 aliphatic heterocycles. The van der Waals surface area contributed by atoms with E-state index in [1.165, 1.54) is 17.3 Å². The number of carbonyl (C=O) groups excluding carboxylic acids is 2. The fourth-order valence-electron chi connectivity index (χ4n) is 9.48. The van der Waals surface area contributed by atoms with E-state index in [0.29, 0.717) is 74.6 Å². The number of likely N-dealkylation sites (tertiary alicyclic amines) is 2. The van der Waals surface area contributed by atoms with Gasteiger partial charge < -0.3 is 9.80 Å². The maximum atomic E-state index is 15.1. The number of pyridine rings is 4. The molecule has 3 unspecified atom stereocenters. The number of alkyl halides is 4. The second-order valence-corrected chi connectivity index (χ2v) is 17.9. The third-order valence-corrected chi connectivity index (χ3v) is 13.4. The number of rotatable bonds is 9. The van der Waals surface area contributed by atoms with Crippen LogP contribution in [0.15, 0.2) is 85.8 Å². The van der Waals surface area contributed by atoms with E-state index in [0.717, 1.165) is 29.7 Å². The Morgan fingerprint density at radius 2 is 1.33 bits per heavy atom. The maximum absolute atomic E-state index is 15.1. The molecule has 16 nitrogen and oxygen atoms in total. The zero-order valence-electron chi connectivity index (χ0n) is 35.2. The van der Waals surface area contributed by atoms with Crippen molar-refractivity contribution in [2.75, 3.05) is 19.6 Å². The molecule has 4 aliphatic rings. The van der Waals surface area contributed by atoms with Crippen molar-refractivity contribution in [2.45, 2.75) is 74.7 Å². The van der Waals surface area contributed by atoms with Crippen molar-refractivity contribution in [2.24, 2.45) is 5.92 Å². The normalized spacial score (nSPS) is 21.4. The molecule has 334 valence electrons. The lowest BCUT2D eigenvalue weighted by Crippen LogP contribution is -2.51. The highest BCUT2D eigenvalue weighted by atomic mass is 19.3. The Bertz CT molecular complexity index is 3180. The van der Waals surface area contributed by atoms with Gasteiger partial charge >= 0.3 is 0 Å². The minimum absolute atomic E-state index is 0.0161. The molecule has 0 spiro atoms. The van der Waals surface area contributed by atoms with Gasteiger partial charge in [0.2, 0.25) is 0 Å². The molecule has 0 aromatic carbocycles. The summed E-state index contributed by atoms with van der Waals surface area (Å²) in [5.41, 5.74) is 4.49. The first-order chi connectivity index (χ1) is 31.9. The molecule has 8 aromatic heterocycles. The number of fused-ring (bicyclic) bond motifs is 2. The van der Waals surface area contributed by atoms with E-state index in [4.69, 9.17) is 4.98 Å². The summed E-state index contributed by atoms with van der Waals surface area (Å²) < 4.78 is 61.3. The molecule has 10 heterocycles. The van der Waals surface area contributed by atoms with Crippen LogP contribution in [0.3, 0.4) is 0 Å². The van der Waals surface area contributed by atoms with Gasteiger partial charge in [-0.05, 0) is 67.6 Å². The summed E-state index contributed by atoms with van der Waals surface area (Å²) in [5.74, 6) is -4.06. The van der Waals surface area contributed by atoms with Gasteiger partial charge in [0.15, 0.2) is 11.6 Å². The van der Waals surface area contributed by atoms with Crippen LogP contribution in [0.5, 0.6) is 0 Å². The SMILES string of the molecule is O=C(c1cnc2c(ccn2-c2cncc(-c3n[nH]c(C4CC4C4CC(F)(F)CCN4C(=O)c4cnc5c(ccn5-c5ccc(-c6n[nH]c(C7CC7)n6)nc5)c4)n3)c2)c1)N1CCC(F)(F)CC1. The first kappa shape index (κ1) is 40.2.